The van der Waals surface area contributed by atoms with Crippen LogP contribution in [-0.4, -0.2) is 17.6 Å². The van der Waals surface area contributed by atoms with Crippen LogP contribution in [0.1, 0.15) is 34.9 Å². The lowest BCUT2D eigenvalue weighted by Gasteiger charge is -2.12. The first-order valence-electron chi connectivity index (χ1n) is 6.92. The summed E-state index contributed by atoms with van der Waals surface area (Å²) in [4.78, 5) is 12.6. The van der Waals surface area contributed by atoms with E-state index in [4.69, 9.17) is 4.74 Å². The molecule has 110 valence electrons. The number of methoxy groups -OCH3 is 1. The number of benzene rings is 1. The quantitative estimate of drug-likeness (QED) is 0.901. The summed E-state index contributed by atoms with van der Waals surface area (Å²) >= 11 is 3.45. The monoisotopic (exact) mass is 348 g/mol. The molecule has 1 aromatic heterocycles. The standard InChI is InChI=1S/C16H17BrN2O2/c1-10-3-6-15(21-2)13(7-10)18-16(20)14-8-11(17)9-19(14)12-4-5-12/h3,6-9,12H,4-5H2,1-2H3,(H,18,20). The minimum Gasteiger partial charge on any atom is -0.495 e. The van der Waals surface area contributed by atoms with Gasteiger partial charge in [-0.25, -0.2) is 0 Å². The van der Waals surface area contributed by atoms with Gasteiger partial charge in [-0.15, -0.1) is 0 Å². The van der Waals surface area contributed by atoms with E-state index in [1.807, 2.05) is 42.0 Å². The Hall–Kier alpha value is -1.75. The predicted molar refractivity (Wildman–Crippen MR) is 86.1 cm³/mol. The average molecular weight is 349 g/mol. The summed E-state index contributed by atoms with van der Waals surface area (Å²) in [6.45, 7) is 1.98. The molecule has 1 aliphatic rings. The van der Waals surface area contributed by atoms with Gasteiger partial charge in [0.1, 0.15) is 11.4 Å². The molecule has 4 nitrogen and oxygen atoms in total. The highest BCUT2D eigenvalue weighted by Gasteiger charge is 2.28. The third-order valence-electron chi connectivity index (χ3n) is 3.59. The van der Waals surface area contributed by atoms with E-state index in [0.29, 0.717) is 23.2 Å². The van der Waals surface area contributed by atoms with Gasteiger partial charge in [0.2, 0.25) is 0 Å². The molecule has 21 heavy (non-hydrogen) atoms. The summed E-state index contributed by atoms with van der Waals surface area (Å²) in [5.41, 5.74) is 2.44. The molecule has 1 heterocycles. The maximum absolute atomic E-state index is 12.6. The largest absolute Gasteiger partial charge is 0.495 e. The van der Waals surface area contributed by atoms with Crippen molar-refractivity contribution in [3.8, 4) is 5.75 Å². The highest BCUT2D eigenvalue weighted by atomic mass is 79.9. The molecule has 5 heteroatoms. The van der Waals surface area contributed by atoms with Gasteiger partial charge in [0.25, 0.3) is 5.91 Å². The maximum Gasteiger partial charge on any atom is 0.272 e. The van der Waals surface area contributed by atoms with E-state index in [-0.39, 0.29) is 5.91 Å². The molecular formula is C16H17BrN2O2. The summed E-state index contributed by atoms with van der Waals surface area (Å²) in [5, 5.41) is 2.95. The van der Waals surface area contributed by atoms with Gasteiger partial charge in [-0.1, -0.05) is 6.07 Å². The minimum absolute atomic E-state index is 0.114. The van der Waals surface area contributed by atoms with Gasteiger partial charge in [0.05, 0.1) is 12.8 Å². The van der Waals surface area contributed by atoms with E-state index in [9.17, 15) is 4.79 Å². The molecule has 0 unspecified atom stereocenters. The van der Waals surface area contributed by atoms with Gasteiger partial charge in [-0.3, -0.25) is 4.79 Å². The highest BCUT2D eigenvalue weighted by molar-refractivity contribution is 9.10. The van der Waals surface area contributed by atoms with Crippen molar-refractivity contribution in [3.63, 3.8) is 0 Å². The lowest BCUT2D eigenvalue weighted by Crippen LogP contribution is -2.16. The molecule has 1 aliphatic carbocycles. The van der Waals surface area contributed by atoms with Gasteiger partial charge in [0.15, 0.2) is 0 Å². The number of hydrogen-bond acceptors (Lipinski definition) is 2. The van der Waals surface area contributed by atoms with Gasteiger partial charge in [0, 0.05) is 16.7 Å². The Bertz CT molecular complexity index is 690. The van der Waals surface area contributed by atoms with Crippen molar-refractivity contribution in [2.45, 2.75) is 25.8 Å². The van der Waals surface area contributed by atoms with Crippen molar-refractivity contribution >= 4 is 27.5 Å². The van der Waals surface area contributed by atoms with Crippen LogP contribution < -0.4 is 10.1 Å². The zero-order valence-corrected chi connectivity index (χ0v) is 13.6. The van der Waals surface area contributed by atoms with Crippen molar-refractivity contribution in [3.05, 3.63) is 46.2 Å². The number of amides is 1. The molecule has 1 amide bonds. The number of nitrogens with zero attached hydrogens (tertiary/aromatic N) is 1. The second-order valence-electron chi connectivity index (χ2n) is 5.34. The second-order valence-corrected chi connectivity index (χ2v) is 6.26. The number of aromatic nitrogens is 1. The maximum atomic E-state index is 12.6. The van der Waals surface area contributed by atoms with Gasteiger partial charge < -0.3 is 14.6 Å². The van der Waals surface area contributed by atoms with Crippen LogP contribution in [0, 0.1) is 6.92 Å². The van der Waals surface area contributed by atoms with Crippen LogP contribution >= 0.6 is 15.9 Å². The van der Waals surface area contributed by atoms with Gasteiger partial charge in [-0.05, 0) is 59.5 Å². The molecular weight excluding hydrogens is 332 g/mol. The molecule has 0 spiro atoms. The number of rotatable bonds is 4. The van der Waals surface area contributed by atoms with Crippen molar-refractivity contribution in [2.75, 3.05) is 12.4 Å². The van der Waals surface area contributed by atoms with E-state index in [0.717, 1.165) is 22.9 Å². The number of aryl methyl sites for hydroxylation is 1. The molecule has 0 bridgehead atoms. The molecule has 3 rings (SSSR count). The van der Waals surface area contributed by atoms with Crippen molar-refractivity contribution in [1.29, 1.82) is 0 Å². The molecule has 0 radical (unpaired) electrons. The number of halogens is 1. The Balaban J connectivity index is 1.88. The first-order chi connectivity index (χ1) is 10.1. The Morgan fingerprint density at radius 1 is 1.38 bits per heavy atom. The third kappa shape index (κ3) is 2.97. The summed E-state index contributed by atoms with van der Waals surface area (Å²) in [6, 6.07) is 8.04. The lowest BCUT2D eigenvalue weighted by molar-refractivity contribution is 0.101. The summed E-state index contributed by atoms with van der Waals surface area (Å²) in [5.74, 6) is 0.550. The van der Waals surface area contributed by atoms with Crippen LogP contribution in [0.4, 0.5) is 5.69 Å². The molecule has 1 fully saturated rings. The van der Waals surface area contributed by atoms with E-state index in [1.165, 1.54) is 0 Å². The Morgan fingerprint density at radius 3 is 2.81 bits per heavy atom. The molecule has 0 saturated heterocycles. The normalized spacial score (nSPS) is 14.0. The van der Waals surface area contributed by atoms with Crippen LogP contribution in [0.15, 0.2) is 34.9 Å². The number of carbonyl (C=O) groups is 1. The van der Waals surface area contributed by atoms with Crippen LogP contribution in [0.5, 0.6) is 5.75 Å². The fraction of sp³-hybridized carbons (Fsp3) is 0.312. The second kappa shape index (κ2) is 5.56. The minimum atomic E-state index is -0.114. The van der Waals surface area contributed by atoms with Crippen LogP contribution in [-0.2, 0) is 0 Å². The fourth-order valence-corrected chi connectivity index (χ4v) is 2.83. The first-order valence-corrected chi connectivity index (χ1v) is 7.71. The van der Waals surface area contributed by atoms with Crippen LogP contribution in [0.25, 0.3) is 0 Å². The first kappa shape index (κ1) is 14.2. The van der Waals surface area contributed by atoms with Gasteiger partial charge in [-0.2, -0.15) is 0 Å². The Morgan fingerprint density at radius 2 is 2.14 bits per heavy atom. The van der Waals surface area contributed by atoms with E-state index in [2.05, 4.69) is 21.2 Å². The summed E-state index contributed by atoms with van der Waals surface area (Å²) in [7, 11) is 1.60. The van der Waals surface area contributed by atoms with Crippen LogP contribution in [0.3, 0.4) is 0 Å². The SMILES string of the molecule is COc1ccc(C)cc1NC(=O)c1cc(Br)cn1C1CC1. The summed E-state index contributed by atoms with van der Waals surface area (Å²) < 4.78 is 8.27. The number of anilines is 1. The van der Waals surface area contributed by atoms with Crippen LogP contribution in [0.2, 0.25) is 0 Å². The predicted octanol–water partition coefficient (Wildman–Crippen LogP) is 4.15. The third-order valence-corrected chi connectivity index (χ3v) is 4.02. The van der Waals surface area contributed by atoms with E-state index < -0.39 is 0 Å². The molecule has 1 aromatic carbocycles. The fourth-order valence-electron chi connectivity index (χ4n) is 2.39. The number of ether oxygens (including phenoxy) is 1. The smallest absolute Gasteiger partial charge is 0.272 e. The molecule has 1 saturated carbocycles. The van der Waals surface area contributed by atoms with Crippen molar-refractivity contribution in [2.24, 2.45) is 0 Å². The van der Waals surface area contributed by atoms with Crippen molar-refractivity contribution in [1.82, 2.24) is 4.57 Å². The Labute approximate surface area is 132 Å². The summed E-state index contributed by atoms with van der Waals surface area (Å²) in [6.07, 6.45) is 4.24. The Kier molecular flexibility index (Phi) is 3.76. The number of carbonyl (C=O) groups excluding carboxylic acids is 1. The zero-order chi connectivity index (χ0) is 15.0. The highest BCUT2D eigenvalue weighted by Crippen LogP contribution is 2.37. The molecule has 0 aliphatic heterocycles. The van der Waals surface area contributed by atoms with Gasteiger partial charge >= 0.3 is 0 Å². The molecule has 2 aromatic rings. The molecule has 1 N–H and O–H groups in total. The number of nitrogens with one attached hydrogen (secondary N) is 1. The van der Waals surface area contributed by atoms with E-state index in [1.54, 1.807) is 7.11 Å². The van der Waals surface area contributed by atoms with Crippen molar-refractivity contribution < 1.29 is 9.53 Å². The molecule has 0 atom stereocenters. The number of hydrogen-bond donors (Lipinski definition) is 1. The lowest BCUT2D eigenvalue weighted by atomic mass is 10.2. The zero-order valence-electron chi connectivity index (χ0n) is 12.0. The average Bonchev–Trinajstić information content (AvgIpc) is 3.21. The topological polar surface area (TPSA) is 43.3 Å². The van der Waals surface area contributed by atoms with E-state index >= 15 is 0 Å².